The number of nitrogens with zero attached hydrogens (tertiary/aromatic N) is 2. The number of carbonyl (C=O) groups excluding carboxylic acids is 1. The number of carboxylic acid groups (broad SMARTS) is 1. The molecule has 0 bridgehead atoms. The number of rotatable bonds is 7. The van der Waals surface area contributed by atoms with Crippen molar-refractivity contribution in [1.82, 2.24) is 14.8 Å². The minimum absolute atomic E-state index is 0.155. The van der Waals surface area contributed by atoms with E-state index in [4.69, 9.17) is 5.11 Å². The van der Waals surface area contributed by atoms with Gasteiger partial charge in [0.1, 0.15) is 12.2 Å². The van der Waals surface area contributed by atoms with Crippen LogP contribution in [0.25, 0.3) is 0 Å². The van der Waals surface area contributed by atoms with Crippen molar-refractivity contribution in [1.29, 1.82) is 0 Å². The molecule has 0 aromatic carbocycles. The normalized spacial score (nSPS) is 10.3. The summed E-state index contributed by atoms with van der Waals surface area (Å²) in [5.74, 6) is -1.12. The van der Waals surface area contributed by atoms with Gasteiger partial charge >= 0.3 is 5.97 Å². The van der Waals surface area contributed by atoms with Crippen LogP contribution in [0.15, 0.2) is 18.3 Å². The van der Waals surface area contributed by atoms with E-state index in [0.717, 1.165) is 13.0 Å². The molecule has 1 aromatic rings. The van der Waals surface area contributed by atoms with E-state index in [2.05, 4.69) is 5.32 Å². The molecule has 0 aliphatic carbocycles. The van der Waals surface area contributed by atoms with Gasteiger partial charge in [0.15, 0.2) is 0 Å². The maximum atomic E-state index is 12.1. The molecule has 0 aliphatic heterocycles. The summed E-state index contributed by atoms with van der Waals surface area (Å²) in [6.45, 7) is 1.28. The van der Waals surface area contributed by atoms with Crippen LogP contribution < -0.4 is 5.32 Å². The summed E-state index contributed by atoms with van der Waals surface area (Å²) in [6.07, 6.45) is 2.46. The molecule has 0 saturated carbocycles. The average Bonchev–Trinajstić information content (AvgIpc) is 2.75. The van der Waals surface area contributed by atoms with Gasteiger partial charge < -0.3 is 19.9 Å². The first kappa shape index (κ1) is 14.2. The second-order valence-electron chi connectivity index (χ2n) is 4.10. The van der Waals surface area contributed by atoms with Crippen molar-refractivity contribution in [2.75, 3.05) is 27.2 Å². The van der Waals surface area contributed by atoms with E-state index in [1.807, 2.05) is 7.05 Å². The number of aliphatic carboxylic acids is 1. The molecular weight excluding hydrogens is 234 g/mol. The van der Waals surface area contributed by atoms with Crippen LogP contribution in [0.2, 0.25) is 0 Å². The Labute approximate surface area is 106 Å². The number of amides is 1. The number of carbonyl (C=O) groups is 2. The Balaban J connectivity index is 2.65. The summed E-state index contributed by atoms with van der Waals surface area (Å²) < 4.78 is 1.44. The Bertz CT molecular complexity index is 414. The Hall–Kier alpha value is -1.82. The monoisotopic (exact) mass is 253 g/mol. The molecule has 0 saturated heterocycles. The van der Waals surface area contributed by atoms with Crippen molar-refractivity contribution in [2.24, 2.45) is 0 Å². The smallest absolute Gasteiger partial charge is 0.323 e. The molecule has 1 aromatic heterocycles. The topological polar surface area (TPSA) is 74.6 Å². The fourth-order valence-corrected chi connectivity index (χ4v) is 1.68. The van der Waals surface area contributed by atoms with Gasteiger partial charge in [-0.3, -0.25) is 9.59 Å². The molecule has 2 N–H and O–H groups in total. The maximum absolute atomic E-state index is 12.1. The highest BCUT2D eigenvalue weighted by Gasteiger charge is 2.16. The van der Waals surface area contributed by atoms with Crippen LogP contribution in [-0.2, 0) is 11.3 Å². The van der Waals surface area contributed by atoms with Gasteiger partial charge in [-0.2, -0.15) is 0 Å². The quantitative estimate of drug-likeness (QED) is 0.683. The van der Waals surface area contributed by atoms with Gasteiger partial charge in [0.2, 0.25) is 0 Å². The summed E-state index contributed by atoms with van der Waals surface area (Å²) >= 11 is 0. The van der Waals surface area contributed by atoms with E-state index in [1.165, 1.54) is 4.57 Å². The van der Waals surface area contributed by atoms with Crippen molar-refractivity contribution >= 4 is 11.9 Å². The zero-order valence-electron chi connectivity index (χ0n) is 10.7. The van der Waals surface area contributed by atoms with Crippen molar-refractivity contribution in [2.45, 2.75) is 13.0 Å². The molecule has 0 spiro atoms. The average molecular weight is 253 g/mol. The largest absolute Gasteiger partial charge is 0.480 e. The van der Waals surface area contributed by atoms with Crippen molar-refractivity contribution in [3.8, 4) is 0 Å². The Morgan fingerprint density at radius 1 is 1.50 bits per heavy atom. The lowest BCUT2D eigenvalue weighted by molar-refractivity contribution is -0.137. The predicted molar refractivity (Wildman–Crippen MR) is 67.6 cm³/mol. The zero-order valence-corrected chi connectivity index (χ0v) is 10.7. The molecule has 6 nitrogen and oxygen atoms in total. The minimum atomic E-state index is -0.960. The van der Waals surface area contributed by atoms with Crippen molar-refractivity contribution in [3.63, 3.8) is 0 Å². The second kappa shape index (κ2) is 6.80. The second-order valence-corrected chi connectivity index (χ2v) is 4.10. The van der Waals surface area contributed by atoms with Gasteiger partial charge in [-0.1, -0.05) is 0 Å². The van der Waals surface area contributed by atoms with Gasteiger partial charge in [-0.15, -0.1) is 0 Å². The predicted octanol–water partition coefficient (Wildman–Crippen LogP) is 0.254. The summed E-state index contributed by atoms with van der Waals surface area (Å²) in [6, 6.07) is 3.32. The number of nitrogens with one attached hydrogen (secondary N) is 1. The lowest BCUT2D eigenvalue weighted by Gasteiger charge is -2.17. The highest BCUT2D eigenvalue weighted by atomic mass is 16.4. The third-order valence-electron chi connectivity index (χ3n) is 2.62. The summed E-state index contributed by atoms with van der Waals surface area (Å²) in [5, 5.41) is 11.8. The number of hydrogen-bond acceptors (Lipinski definition) is 3. The Morgan fingerprint density at radius 3 is 2.83 bits per heavy atom. The molecular formula is C12H19N3O3. The van der Waals surface area contributed by atoms with Gasteiger partial charge in [-0.25, -0.2) is 0 Å². The Morgan fingerprint density at radius 2 is 2.22 bits per heavy atom. The molecule has 6 heteroatoms. The van der Waals surface area contributed by atoms with Crippen LogP contribution in [0, 0.1) is 0 Å². The molecule has 0 atom stereocenters. The standard InChI is InChI=1S/C12H19N3O3/c1-13-6-4-7-14(2)12(18)10-5-3-8-15(10)9-11(16)17/h3,5,8,13H,4,6-7,9H2,1-2H3,(H,16,17). The molecule has 1 rings (SSSR count). The first-order valence-electron chi connectivity index (χ1n) is 5.83. The molecule has 18 heavy (non-hydrogen) atoms. The van der Waals surface area contributed by atoms with Gasteiger partial charge in [0, 0.05) is 19.8 Å². The van der Waals surface area contributed by atoms with E-state index in [0.29, 0.717) is 12.2 Å². The van der Waals surface area contributed by atoms with Gasteiger partial charge in [0.05, 0.1) is 0 Å². The number of aromatic nitrogens is 1. The molecule has 1 heterocycles. The lowest BCUT2D eigenvalue weighted by atomic mass is 10.3. The molecule has 0 fully saturated rings. The number of carboxylic acids is 1. The van der Waals surface area contributed by atoms with Crippen LogP contribution in [-0.4, -0.2) is 53.6 Å². The molecule has 100 valence electrons. The Kier molecular flexibility index (Phi) is 5.38. The zero-order chi connectivity index (χ0) is 13.5. The summed E-state index contributed by atoms with van der Waals surface area (Å²) in [5.41, 5.74) is 0.407. The van der Waals surface area contributed by atoms with Crippen LogP contribution in [0.3, 0.4) is 0 Å². The van der Waals surface area contributed by atoms with E-state index < -0.39 is 5.97 Å². The third kappa shape index (κ3) is 3.89. The number of hydrogen-bond donors (Lipinski definition) is 2. The SMILES string of the molecule is CNCCCN(C)C(=O)c1cccn1CC(=O)O. The van der Waals surface area contributed by atoms with Crippen molar-refractivity contribution in [3.05, 3.63) is 24.0 Å². The third-order valence-corrected chi connectivity index (χ3v) is 2.62. The van der Waals surface area contributed by atoms with Crippen LogP contribution >= 0.6 is 0 Å². The van der Waals surface area contributed by atoms with E-state index in [9.17, 15) is 9.59 Å². The van der Waals surface area contributed by atoms with Gasteiger partial charge in [-0.05, 0) is 32.1 Å². The first-order chi connectivity index (χ1) is 8.56. The molecule has 1 amide bonds. The maximum Gasteiger partial charge on any atom is 0.323 e. The van der Waals surface area contributed by atoms with E-state index in [-0.39, 0.29) is 12.5 Å². The fraction of sp³-hybridized carbons (Fsp3) is 0.500. The molecule has 0 aliphatic rings. The highest BCUT2D eigenvalue weighted by Crippen LogP contribution is 2.06. The van der Waals surface area contributed by atoms with Crippen LogP contribution in [0.1, 0.15) is 16.9 Å². The van der Waals surface area contributed by atoms with Crippen LogP contribution in [0.5, 0.6) is 0 Å². The van der Waals surface area contributed by atoms with Gasteiger partial charge in [0.25, 0.3) is 5.91 Å². The molecule has 0 radical (unpaired) electrons. The lowest BCUT2D eigenvalue weighted by Crippen LogP contribution is -2.31. The molecule has 0 unspecified atom stereocenters. The minimum Gasteiger partial charge on any atom is -0.480 e. The highest BCUT2D eigenvalue weighted by molar-refractivity contribution is 5.93. The summed E-state index contributed by atoms with van der Waals surface area (Å²) in [7, 11) is 3.58. The van der Waals surface area contributed by atoms with E-state index in [1.54, 1.807) is 30.3 Å². The first-order valence-corrected chi connectivity index (χ1v) is 5.83. The fourth-order valence-electron chi connectivity index (χ4n) is 1.68. The van der Waals surface area contributed by atoms with E-state index >= 15 is 0 Å². The van der Waals surface area contributed by atoms with Crippen molar-refractivity contribution < 1.29 is 14.7 Å². The summed E-state index contributed by atoms with van der Waals surface area (Å²) in [4.78, 5) is 24.4. The van der Waals surface area contributed by atoms with Crippen LogP contribution in [0.4, 0.5) is 0 Å².